The molecule has 5 heteroatoms. The molecule has 1 saturated heterocycles. The lowest BCUT2D eigenvalue weighted by Gasteiger charge is -2.62. The van der Waals surface area contributed by atoms with E-state index in [0.29, 0.717) is 31.4 Å². The number of ether oxygens (including phenoxy) is 1. The largest absolute Gasteiger partial charge is 0.633 e. The third-order valence-electron chi connectivity index (χ3n) is 6.33. The number of piperidine rings is 1. The first kappa shape index (κ1) is 10.2. The minimum Gasteiger partial charge on any atom is -0.633 e. The molecule has 5 nitrogen and oxygen atoms in total. The fourth-order valence-electron chi connectivity index (χ4n) is 5.49. The van der Waals surface area contributed by atoms with Gasteiger partial charge in [-0.25, -0.2) is 0 Å². The summed E-state index contributed by atoms with van der Waals surface area (Å²) in [4.78, 5) is 12.6. The van der Waals surface area contributed by atoms with Crippen LogP contribution in [0.2, 0.25) is 0 Å². The van der Waals surface area contributed by atoms with Crippen molar-refractivity contribution in [1.29, 1.82) is 0 Å². The number of nitrogens with zero attached hydrogens (tertiary/aromatic N) is 1. The van der Waals surface area contributed by atoms with Crippen molar-refractivity contribution in [3.8, 4) is 11.5 Å². The fraction of sp³-hybridized carbons (Fsp3) is 0.588. The predicted octanol–water partition coefficient (Wildman–Crippen LogP) is 1.64. The topological polar surface area (TPSA) is 69.6 Å². The first-order valence-electron chi connectivity index (χ1n) is 9.34. The molecule has 116 valence electrons. The van der Waals surface area contributed by atoms with Crippen molar-refractivity contribution in [2.75, 3.05) is 13.5 Å². The number of Topliss-reactive ketones (excluding diaryl/α,β-unsaturated/α-hetero) is 1. The number of ketones is 1. The van der Waals surface area contributed by atoms with Crippen LogP contribution < -0.4 is 4.74 Å². The molecular weight excluding hydrogens is 282 g/mol. The number of hydroxylamine groups is 3. The molecule has 5 rings (SSSR count). The summed E-state index contributed by atoms with van der Waals surface area (Å²) in [5.74, 6) is 0.147. The van der Waals surface area contributed by atoms with Gasteiger partial charge in [0.05, 0.1) is 29.1 Å². The Bertz CT molecular complexity index is 810. The molecule has 2 aliphatic carbocycles. The Morgan fingerprint density at radius 2 is 2.41 bits per heavy atom. The summed E-state index contributed by atoms with van der Waals surface area (Å²) in [6.45, 7) is -2.70. The van der Waals surface area contributed by atoms with E-state index in [2.05, 4.69) is 0 Å². The Balaban J connectivity index is 1.78. The quantitative estimate of drug-likeness (QED) is 0.584. The molecule has 2 aliphatic heterocycles. The van der Waals surface area contributed by atoms with E-state index < -0.39 is 29.2 Å². The van der Waals surface area contributed by atoms with Gasteiger partial charge in [0, 0.05) is 30.7 Å². The number of likely N-dealkylation sites (tertiary alicyclic amines) is 1. The van der Waals surface area contributed by atoms with Crippen LogP contribution in [0.1, 0.15) is 34.5 Å². The van der Waals surface area contributed by atoms with Gasteiger partial charge in [-0.15, -0.1) is 0 Å². The summed E-state index contributed by atoms with van der Waals surface area (Å²) in [7, 11) is 0. The van der Waals surface area contributed by atoms with Crippen LogP contribution in [0.5, 0.6) is 11.5 Å². The van der Waals surface area contributed by atoms with Gasteiger partial charge in [-0.2, -0.15) is 0 Å². The molecule has 1 spiro atoms. The zero-order valence-electron chi connectivity index (χ0n) is 15.0. The summed E-state index contributed by atoms with van der Waals surface area (Å²) in [6.07, 6.45) is 0.743. The molecular formula is C17H19NO4. The van der Waals surface area contributed by atoms with Gasteiger partial charge < -0.3 is 19.7 Å². The van der Waals surface area contributed by atoms with Crippen LogP contribution in [0.25, 0.3) is 0 Å². The van der Waals surface area contributed by atoms with Crippen molar-refractivity contribution in [3.63, 3.8) is 0 Å². The molecule has 0 aromatic heterocycles. The number of rotatable bonds is 0. The SMILES string of the molecule is [2H]C([2H])([2H])[N@@+]1([O-])CC[C@]23c4c5ccc(O)c4O[C@H]2C(=O)CC[C@H]3[C@H]1C5. The van der Waals surface area contributed by atoms with E-state index in [4.69, 9.17) is 8.85 Å². The van der Waals surface area contributed by atoms with Crippen molar-refractivity contribution in [2.45, 2.75) is 43.2 Å². The molecule has 0 amide bonds. The van der Waals surface area contributed by atoms with Gasteiger partial charge >= 0.3 is 0 Å². The van der Waals surface area contributed by atoms with Crippen LogP contribution >= 0.6 is 0 Å². The molecule has 0 unspecified atom stereocenters. The molecule has 5 atom stereocenters. The Morgan fingerprint density at radius 3 is 3.23 bits per heavy atom. The first-order chi connectivity index (χ1) is 11.7. The molecule has 4 aliphatic rings. The zero-order valence-corrected chi connectivity index (χ0v) is 12.0. The van der Waals surface area contributed by atoms with Crippen molar-refractivity contribution in [3.05, 3.63) is 28.5 Å². The minimum atomic E-state index is -2.64. The number of hydrogen-bond acceptors (Lipinski definition) is 4. The molecule has 22 heavy (non-hydrogen) atoms. The van der Waals surface area contributed by atoms with Gasteiger partial charge in [-0.1, -0.05) is 6.07 Å². The number of benzene rings is 1. The smallest absolute Gasteiger partial charge is 0.174 e. The molecule has 1 aromatic rings. The number of carbonyl (C=O) groups excluding carboxylic acids is 1. The Morgan fingerprint density at radius 1 is 1.55 bits per heavy atom. The second-order valence-corrected chi connectivity index (χ2v) is 7.14. The molecule has 1 N–H and O–H groups in total. The molecule has 1 saturated carbocycles. The molecule has 2 fully saturated rings. The second kappa shape index (κ2) is 3.66. The van der Waals surface area contributed by atoms with Crippen molar-refractivity contribution >= 4 is 5.78 Å². The average Bonchev–Trinajstić information content (AvgIpc) is 2.89. The van der Waals surface area contributed by atoms with E-state index in [1.54, 1.807) is 6.07 Å². The fourth-order valence-corrected chi connectivity index (χ4v) is 5.49. The number of aromatic hydroxyl groups is 1. The maximum atomic E-state index is 13.4. The van der Waals surface area contributed by atoms with Crippen LogP contribution in [-0.4, -0.2) is 41.2 Å². The minimum absolute atomic E-state index is 0.0109. The van der Waals surface area contributed by atoms with Gasteiger partial charge in [0.1, 0.15) is 0 Å². The molecule has 0 radical (unpaired) electrons. The number of quaternary nitrogens is 1. The maximum Gasteiger partial charge on any atom is 0.174 e. The lowest BCUT2D eigenvalue weighted by molar-refractivity contribution is -0.899. The lowest BCUT2D eigenvalue weighted by atomic mass is 9.51. The van der Waals surface area contributed by atoms with E-state index >= 15 is 0 Å². The van der Waals surface area contributed by atoms with Crippen molar-refractivity contribution in [1.82, 2.24) is 0 Å². The highest BCUT2D eigenvalue weighted by atomic mass is 16.5. The van der Waals surface area contributed by atoms with E-state index in [9.17, 15) is 15.1 Å². The van der Waals surface area contributed by atoms with Gasteiger partial charge in [-0.05, 0) is 18.1 Å². The lowest BCUT2D eigenvalue weighted by Crippen LogP contribution is -2.70. The Hall–Kier alpha value is -1.59. The maximum absolute atomic E-state index is 13.4. The predicted molar refractivity (Wildman–Crippen MR) is 78.5 cm³/mol. The third-order valence-corrected chi connectivity index (χ3v) is 6.33. The highest BCUT2D eigenvalue weighted by Crippen LogP contribution is 2.63. The summed E-state index contributed by atoms with van der Waals surface area (Å²) >= 11 is 0. The Labute approximate surface area is 132 Å². The van der Waals surface area contributed by atoms with Gasteiger partial charge in [-0.3, -0.25) is 4.79 Å². The summed E-state index contributed by atoms with van der Waals surface area (Å²) in [5, 5.41) is 23.7. The van der Waals surface area contributed by atoms with Gasteiger partial charge in [0.25, 0.3) is 0 Å². The molecule has 1 aromatic carbocycles. The van der Waals surface area contributed by atoms with E-state index in [1.807, 2.05) is 0 Å². The van der Waals surface area contributed by atoms with Crippen molar-refractivity contribution < 1.29 is 23.4 Å². The van der Waals surface area contributed by atoms with Crippen LogP contribution in [0.15, 0.2) is 12.1 Å². The normalized spacial score (nSPS) is 47.0. The summed E-state index contributed by atoms with van der Waals surface area (Å²) in [6, 6.07) is 2.65. The van der Waals surface area contributed by atoms with Gasteiger partial charge in [0.15, 0.2) is 23.4 Å². The Kier molecular flexibility index (Phi) is 1.70. The van der Waals surface area contributed by atoms with Crippen molar-refractivity contribution in [2.24, 2.45) is 5.92 Å². The number of phenols is 1. The highest BCUT2D eigenvalue weighted by molar-refractivity contribution is 5.89. The van der Waals surface area contributed by atoms with E-state index in [1.165, 1.54) is 6.07 Å². The van der Waals surface area contributed by atoms with Crippen LogP contribution in [0.3, 0.4) is 0 Å². The first-order valence-corrected chi connectivity index (χ1v) is 7.84. The molecule has 2 heterocycles. The van der Waals surface area contributed by atoms with E-state index in [-0.39, 0.29) is 24.0 Å². The highest BCUT2D eigenvalue weighted by Gasteiger charge is 2.68. The summed E-state index contributed by atoms with van der Waals surface area (Å²) in [5.41, 5.74) is 1.04. The van der Waals surface area contributed by atoms with E-state index in [0.717, 1.165) is 11.1 Å². The number of likely N-dealkylation sites (N-methyl/N-ethyl adjacent to an activating group) is 1. The molecule has 2 bridgehead atoms. The monoisotopic (exact) mass is 304 g/mol. The zero-order chi connectivity index (χ0) is 17.8. The van der Waals surface area contributed by atoms with Crippen LogP contribution in [0.4, 0.5) is 0 Å². The summed E-state index contributed by atoms with van der Waals surface area (Å²) < 4.78 is 28.2. The van der Waals surface area contributed by atoms with Crippen LogP contribution in [0, 0.1) is 11.1 Å². The standard InChI is InChI=1S/C17H19NO4/c1-18(21)7-6-17-10-3-5-13(20)16(17)22-15-12(19)4-2-9(14(15)17)8-11(10)18/h2,4,10-11,16,19H,3,5-8H2,1H3/t10-,11+,16-,17-,18+/m0/s1/i1D3. The number of hydrogen-bond donors (Lipinski definition) is 1. The third kappa shape index (κ3) is 1.23. The number of carbonyl (C=O) groups is 1. The second-order valence-electron chi connectivity index (χ2n) is 7.14. The van der Waals surface area contributed by atoms with Crippen LogP contribution in [-0.2, 0) is 16.6 Å². The van der Waals surface area contributed by atoms with Gasteiger partial charge in [0.2, 0.25) is 0 Å². The average molecular weight is 304 g/mol. The number of phenolic OH excluding ortho intramolecular Hbond substituents is 1.